The third kappa shape index (κ3) is 3.55. The van der Waals surface area contributed by atoms with Crippen molar-refractivity contribution in [1.29, 1.82) is 0 Å². The van der Waals surface area contributed by atoms with Gasteiger partial charge in [-0.25, -0.2) is 0 Å². The van der Waals surface area contributed by atoms with Crippen molar-refractivity contribution in [2.75, 3.05) is 26.1 Å². The van der Waals surface area contributed by atoms with Gasteiger partial charge in [-0.3, -0.25) is 4.90 Å². The van der Waals surface area contributed by atoms with E-state index >= 15 is 0 Å². The average molecular weight is 243 g/mol. The van der Waals surface area contributed by atoms with Crippen LogP contribution in [0.5, 0.6) is 0 Å². The van der Waals surface area contributed by atoms with Gasteiger partial charge in [0.25, 0.3) is 0 Å². The molecule has 1 aromatic rings. The molecule has 0 atom stereocenters. The number of ether oxygens (including phenoxy) is 1. The Bertz CT molecular complexity index is 700. The molecule has 0 N–H and O–H groups in total. The maximum atomic E-state index is 8.45. The van der Waals surface area contributed by atoms with Crippen LogP contribution in [0.15, 0.2) is 24.3 Å². The summed E-state index contributed by atoms with van der Waals surface area (Å²) in [6, 6.07) is 6.08. The van der Waals surface area contributed by atoms with E-state index in [1.165, 1.54) is 12.1 Å². The van der Waals surface area contributed by atoms with Crippen molar-refractivity contribution in [1.82, 2.24) is 4.90 Å². The SMILES string of the molecule is [2H]C([2H])(c1cccc(C(C)(C)C)c1)N1C([2H])([2H])C([2H])([2H])OC([2H])([2H])C1([2H])[2H]. The van der Waals surface area contributed by atoms with Gasteiger partial charge in [-0.2, -0.15) is 0 Å². The summed E-state index contributed by atoms with van der Waals surface area (Å²) in [5.41, 5.74) is 0.235. The van der Waals surface area contributed by atoms with Gasteiger partial charge in [-0.05, 0) is 16.5 Å². The van der Waals surface area contributed by atoms with Crippen molar-refractivity contribution in [3.63, 3.8) is 0 Å². The number of rotatable bonds is 2. The third-order valence-corrected chi connectivity index (χ3v) is 2.39. The van der Waals surface area contributed by atoms with Crippen molar-refractivity contribution >= 4 is 0 Å². The predicted octanol–water partition coefficient (Wildman–Crippen LogP) is 2.82. The molecule has 1 aliphatic heterocycles. The standard InChI is InChI=1S/C15H23NO/c1-15(2,3)14-6-4-5-13(11-14)12-16-7-9-17-10-8-16/h4-6,11H,7-10,12H2,1-3H3/i7D2,8D2,9D2,10D2,12D2. The average Bonchev–Trinajstić information content (AvgIpc) is 2.43. The van der Waals surface area contributed by atoms with Crippen LogP contribution in [0.2, 0.25) is 0 Å². The number of hydrogen-bond donors (Lipinski definition) is 0. The second-order valence-electron chi connectivity index (χ2n) is 4.81. The molecule has 0 aliphatic carbocycles. The van der Waals surface area contributed by atoms with E-state index in [-0.39, 0.29) is 15.9 Å². The first-order chi connectivity index (χ1) is 11.8. The van der Waals surface area contributed by atoms with E-state index in [2.05, 4.69) is 4.74 Å². The molecular weight excluding hydrogens is 210 g/mol. The van der Waals surface area contributed by atoms with Crippen LogP contribution in [0.3, 0.4) is 0 Å². The van der Waals surface area contributed by atoms with Crippen LogP contribution in [0.1, 0.15) is 45.6 Å². The molecule has 0 radical (unpaired) electrons. The Morgan fingerprint density at radius 3 is 2.71 bits per heavy atom. The Morgan fingerprint density at radius 2 is 2.06 bits per heavy atom. The first kappa shape index (κ1) is 5.02. The highest BCUT2D eigenvalue weighted by molar-refractivity contribution is 5.28. The highest BCUT2D eigenvalue weighted by Gasteiger charge is 2.15. The van der Waals surface area contributed by atoms with Crippen LogP contribution >= 0.6 is 0 Å². The molecule has 0 unspecified atom stereocenters. The molecule has 94 valence electrons. The van der Waals surface area contributed by atoms with E-state index in [4.69, 9.17) is 13.7 Å². The molecule has 2 heteroatoms. The summed E-state index contributed by atoms with van der Waals surface area (Å²) < 4.78 is 84.4. The van der Waals surface area contributed by atoms with E-state index in [0.717, 1.165) is 0 Å². The van der Waals surface area contributed by atoms with Gasteiger partial charge in [0, 0.05) is 27.7 Å². The van der Waals surface area contributed by atoms with E-state index in [1.807, 2.05) is 20.8 Å². The van der Waals surface area contributed by atoms with E-state index in [1.54, 1.807) is 12.1 Å². The highest BCUT2D eigenvalue weighted by Crippen LogP contribution is 2.23. The minimum absolute atomic E-state index is 0.0434. The molecule has 0 saturated carbocycles. The van der Waals surface area contributed by atoms with E-state index in [0.29, 0.717) is 5.56 Å². The summed E-state index contributed by atoms with van der Waals surface area (Å²) in [5, 5.41) is 0. The third-order valence-electron chi connectivity index (χ3n) is 2.39. The van der Waals surface area contributed by atoms with Crippen LogP contribution in [-0.2, 0) is 16.6 Å². The van der Waals surface area contributed by atoms with Crippen molar-refractivity contribution in [2.24, 2.45) is 0 Å². The van der Waals surface area contributed by atoms with Gasteiger partial charge < -0.3 is 4.74 Å². The largest absolute Gasteiger partial charge is 0.379 e. The second-order valence-corrected chi connectivity index (χ2v) is 4.81. The fourth-order valence-corrected chi connectivity index (χ4v) is 1.43. The van der Waals surface area contributed by atoms with Crippen LogP contribution in [0.25, 0.3) is 0 Å². The van der Waals surface area contributed by atoms with Gasteiger partial charge in [0.05, 0.1) is 18.6 Å². The Labute approximate surface area is 119 Å². The summed E-state index contributed by atoms with van der Waals surface area (Å²) in [7, 11) is 0. The maximum Gasteiger partial charge on any atom is 0.0594 e. The molecule has 0 spiro atoms. The molecule has 1 saturated heterocycles. The smallest absolute Gasteiger partial charge is 0.0594 e. The zero-order valence-corrected chi connectivity index (χ0v) is 10.2. The first-order valence-electron chi connectivity index (χ1n) is 10.4. The minimum atomic E-state index is -3.30. The Morgan fingerprint density at radius 1 is 1.35 bits per heavy atom. The van der Waals surface area contributed by atoms with E-state index < -0.39 is 32.6 Å². The second kappa shape index (κ2) is 5.19. The van der Waals surface area contributed by atoms with Crippen LogP contribution in [0.4, 0.5) is 0 Å². The molecule has 1 fully saturated rings. The Hall–Kier alpha value is -0.860. The lowest BCUT2D eigenvalue weighted by molar-refractivity contribution is 0.0342. The molecule has 1 heterocycles. The topological polar surface area (TPSA) is 12.5 Å². The monoisotopic (exact) mass is 243 g/mol. The van der Waals surface area contributed by atoms with Gasteiger partial charge in [0.15, 0.2) is 0 Å². The predicted molar refractivity (Wildman–Crippen MR) is 71.2 cm³/mol. The van der Waals surface area contributed by atoms with Gasteiger partial charge in [0.2, 0.25) is 0 Å². The number of benzene rings is 1. The lowest BCUT2D eigenvalue weighted by Crippen LogP contribution is -2.35. The van der Waals surface area contributed by atoms with Crippen LogP contribution < -0.4 is 0 Å². The lowest BCUT2D eigenvalue weighted by Gasteiger charge is -2.27. The zero-order valence-electron chi connectivity index (χ0n) is 20.2. The number of hydrogen-bond acceptors (Lipinski definition) is 2. The Kier molecular flexibility index (Phi) is 1.53. The quantitative estimate of drug-likeness (QED) is 0.792. The number of nitrogens with zero attached hydrogens (tertiary/aromatic N) is 1. The molecule has 1 aromatic carbocycles. The first-order valence-corrected chi connectivity index (χ1v) is 5.40. The maximum absolute atomic E-state index is 8.45. The summed E-state index contributed by atoms with van der Waals surface area (Å²) >= 11 is 0. The van der Waals surface area contributed by atoms with Gasteiger partial charge in [-0.1, -0.05) is 45.0 Å². The highest BCUT2D eigenvalue weighted by atomic mass is 16.5. The van der Waals surface area contributed by atoms with Crippen molar-refractivity contribution in [3.8, 4) is 0 Å². The lowest BCUT2D eigenvalue weighted by atomic mass is 9.86. The molecule has 2 nitrogen and oxygen atoms in total. The van der Waals surface area contributed by atoms with Crippen molar-refractivity contribution < 1.29 is 18.4 Å². The molecule has 0 bridgehead atoms. The molecule has 17 heavy (non-hydrogen) atoms. The van der Waals surface area contributed by atoms with Gasteiger partial charge in [-0.15, -0.1) is 0 Å². The summed E-state index contributed by atoms with van der Waals surface area (Å²) in [4.78, 5) is -0.0434. The van der Waals surface area contributed by atoms with Gasteiger partial charge >= 0.3 is 0 Å². The summed E-state index contributed by atoms with van der Waals surface area (Å²) in [5.74, 6) is 0. The van der Waals surface area contributed by atoms with Crippen molar-refractivity contribution in [3.05, 3.63) is 35.4 Å². The minimum Gasteiger partial charge on any atom is -0.379 e. The molecule has 1 aliphatic rings. The molecule has 0 aromatic heterocycles. The fourth-order valence-electron chi connectivity index (χ4n) is 1.43. The molecule has 0 amide bonds. The molecular formula is C15H23NO. The normalized spacial score (nSPS) is 39.7. The van der Waals surface area contributed by atoms with Crippen LogP contribution in [0, 0.1) is 0 Å². The van der Waals surface area contributed by atoms with Gasteiger partial charge in [0.1, 0.15) is 0 Å². The van der Waals surface area contributed by atoms with Crippen LogP contribution in [-0.4, -0.2) is 31.0 Å². The Balaban J connectivity index is 2.71. The molecule has 2 rings (SSSR count). The summed E-state index contributed by atoms with van der Waals surface area (Å²) in [6.07, 6.45) is 0. The fraction of sp³-hybridized carbons (Fsp3) is 0.600. The van der Waals surface area contributed by atoms with E-state index in [9.17, 15) is 0 Å². The summed E-state index contributed by atoms with van der Waals surface area (Å²) in [6.45, 7) is -10.4. The van der Waals surface area contributed by atoms with Crippen molar-refractivity contribution in [2.45, 2.75) is 32.7 Å². The zero-order chi connectivity index (χ0) is 21.3. The number of morpholine rings is 1.